The van der Waals surface area contributed by atoms with Gasteiger partial charge < -0.3 is 4.90 Å². The van der Waals surface area contributed by atoms with E-state index >= 15 is 0 Å². The topological polar surface area (TPSA) is 104 Å². The van der Waals surface area contributed by atoms with Crippen molar-refractivity contribution in [3.8, 4) is 11.4 Å². The average molecular weight is 722 g/mol. The fraction of sp³-hybridized carbons (Fsp3) is 0.235. The van der Waals surface area contributed by atoms with Crippen molar-refractivity contribution >= 4 is 33.4 Å². The van der Waals surface area contributed by atoms with Crippen LogP contribution in [0.3, 0.4) is 0 Å². The maximum Gasteiger partial charge on any atom is 0.441 e. The fourth-order valence-corrected chi connectivity index (χ4v) is 6.86. The number of amides is 2. The van der Waals surface area contributed by atoms with Gasteiger partial charge in [0.05, 0.1) is 23.5 Å². The largest absolute Gasteiger partial charge is 0.441 e. The molecule has 10 nitrogen and oxygen atoms in total. The van der Waals surface area contributed by atoms with Crippen molar-refractivity contribution in [1.82, 2.24) is 25.1 Å². The summed E-state index contributed by atoms with van der Waals surface area (Å²) in [5.41, 5.74) is 6.63. The highest BCUT2D eigenvalue weighted by Crippen LogP contribution is 2.41. The van der Waals surface area contributed by atoms with Crippen LogP contribution < -0.4 is 16.1 Å². The predicted molar refractivity (Wildman–Crippen MR) is 173 cm³/mol. The minimum atomic E-state index is -4.64. The number of carbonyl (C=O) groups excluding carboxylic acids is 2. The molecule has 246 valence electrons. The third-order valence-electron chi connectivity index (χ3n) is 8.85. The molecule has 0 bridgehead atoms. The second kappa shape index (κ2) is 11.9. The third-order valence-corrected chi connectivity index (χ3v) is 9.54. The molecule has 48 heavy (non-hydrogen) atoms. The van der Waals surface area contributed by atoms with Crippen LogP contribution >= 0.6 is 15.9 Å². The molecule has 1 atom stereocenters. The van der Waals surface area contributed by atoms with Gasteiger partial charge >= 0.3 is 11.9 Å². The molecule has 4 aromatic rings. The van der Waals surface area contributed by atoms with Crippen LogP contribution in [-0.2, 0) is 24.4 Å². The number of nitrogens with one attached hydrogen (secondary N) is 1. The zero-order chi connectivity index (χ0) is 33.9. The molecule has 0 aliphatic carbocycles. The lowest BCUT2D eigenvalue weighted by Crippen LogP contribution is -2.55. The van der Waals surface area contributed by atoms with Crippen molar-refractivity contribution in [1.29, 1.82) is 0 Å². The molecule has 4 heterocycles. The van der Waals surface area contributed by atoms with Gasteiger partial charge in [0.1, 0.15) is 5.82 Å². The monoisotopic (exact) mass is 720 g/mol. The number of carbonyl (C=O) groups is 2. The molecule has 2 amide bonds. The van der Waals surface area contributed by atoms with E-state index in [2.05, 4.69) is 26.5 Å². The quantitative estimate of drug-likeness (QED) is 0.285. The summed E-state index contributed by atoms with van der Waals surface area (Å²) in [6, 6.07) is 19.8. The number of rotatable bonds is 5. The summed E-state index contributed by atoms with van der Waals surface area (Å²) >= 11 is 2.94. The van der Waals surface area contributed by atoms with Gasteiger partial charge in [0.2, 0.25) is 0 Å². The number of halogens is 4. The second-order valence-corrected chi connectivity index (χ2v) is 12.7. The van der Waals surface area contributed by atoms with Crippen LogP contribution in [-0.4, -0.2) is 50.6 Å². The molecule has 14 heteroatoms. The number of aromatic nitrogens is 2. The van der Waals surface area contributed by atoms with Gasteiger partial charge in [-0.05, 0) is 73.4 Å². The molecule has 1 N–H and O–H groups in total. The Bertz CT molecular complexity index is 2070. The van der Waals surface area contributed by atoms with Crippen LogP contribution in [0.2, 0.25) is 0 Å². The van der Waals surface area contributed by atoms with Crippen molar-refractivity contribution in [3.63, 3.8) is 0 Å². The van der Waals surface area contributed by atoms with Crippen molar-refractivity contribution in [2.75, 3.05) is 18.0 Å². The third kappa shape index (κ3) is 5.44. The van der Waals surface area contributed by atoms with Gasteiger partial charge in [-0.15, -0.1) is 0 Å². The molecule has 3 aromatic carbocycles. The molecular weight excluding hydrogens is 693 g/mol. The summed E-state index contributed by atoms with van der Waals surface area (Å²) in [6.07, 6.45) is -3.91. The zero-order valence-corrected chi connectivity index (χ0v) is 27.3. The number of nitrogens with zero attached hydrogens (tertiary/aromatic N) is 5. The number of benzene rings is 3. The molecule has 0 radical (unpaired) electrons. The second-order valence-electron chi connectivity index (χ2n) is 11.9. The number of hydrogen-bond acceptors (Lipinski definition) is 7. The van der Waals surface area contributed by atoms with E-state index in [-0.39, 0.29) is 28.9 Å². The predicted octanol–water partition coefficient (Wildman–Crippen LogP) is 5.63. The van der Waals surface area contributed by atoms with Gasteiger partial charge in [-0.25, -0.2) is 10.2 Å². The highest BCUT2D eigenvalue weighted by molar-refractivity contribution is 9.10. The van der Waals surface area contributed by atoms with Crippen molar-refractivity contribution in [3.05, 3.63) is 127 Å². The SMILES string of the molecule is C[C@H]1CC2=C(CN1C(=O)c1ccc(Br)c(C(F)(F)F)c1)N1NCC(Cc3ccccc3)=C1N(c1ccc(-c3noc(=O)n3C)cc1)C2=O. The minimum Gasteiger partial charge on any atom is -0.330 e. The smallest absolute Gasteiger partial charge is 0.330 e. The van der Waals surface area contributed by atoms with E-state index < -0.39 is 29.4 Å². The Morgan fingerprint density at radius 2 is 1.79 bits per heavy atom. The zero-order valence-electron chi connectivity index (χ0n) is 25.7. The Balaban J connectivity index is 1.28. The first kappa shape index (κ1) is 31.6. The molecule has 0 saturated carbocycles. The van der Waals surface area contributed by atoms with Crippen LogP contribution in [0.1, 0.15) is 34.8 Å². The Hall–Kier alpha value is -4.95. The van der Waals surface area contributed by atoms with E-state index in [1.165, 1.54) is 21.6 Å². The molecule has 3 aliphatic heterocycles. The maximum absolute atomic E-state index is 14.5. The summed E-state index contributed by atoms with van der Waals surface area (Å²) in [6.45, 7) is 2.22. The summed E-state index contributed by atoms with van der Waals surface area (Å²) in [4.78, 5) is 43.2. The van der Waals surface area contributed by atoms with E-state index in [4.69, 9.17) is 4.52 Å². The number of fused-ring (bicyclic) bond motifs is 2. The molecule has 0 spiro atoms. The first-order valence-corrected chi connectivity index (χ1v) is 15.9. The van der Waals surface area contributed by atoms with Gasteiger partial charge in [-0.2, -0.15) is 13.2 Å². The Morgan fingerprint density at radius 1 is 1.06 bits per heavy atom. The summed E-state index contributed by atoms with van der Waals surface area (Å²) in [5, 5.41) is 5.68. The molecule has 1 aromatic heterocycles. The lowest BCUT2D eigenvalue weighted by molar-refractivity contribution is -0.138. The van der Waals surface area contributed by atoms with Crippen LogP contribution in [0.4, 0.5) is 18.9 Å². The fourth-order valence-electron chi connectivity index (χ4n) is 6.39. The highest BCUT2D eigenvalue weighted by Gasteiger charge is 2.45. The van der Waals surface area contributed by atoms with Crippen LogP contribution in [0.15, 0.2) is 109 Å². The number of hydrogen-bond donors (Lipinski definition) is 1. The highest BCUT2D eigenvalue weighted by atomic mass is 79.9. The van der Waals surface area contributed by atoms with E-state index in [9.17, 15) is 27.6 Å². The van der Waals surface area contributed by atoms with E-state index in [0.717, 1.165) is 17.2 Å². The Labute approximate surface area is 280 Å². The van der Waals surface area contributed by atoms with Gasteiger partial charge in [0.15, 0.2) is 5.82 Å². The van der Waals surface area contributed by atoms with E-state index in [0.29, 0.717) is 47.1 Å². The minimum absolute atomic E-state index is 0.0145. The van der Waals surface area contributed by atoms with Gasteiger partial charge in [0, 0.05) is 40.8 Å². The van der Waals surface area contributed by atoms with Crippen LogP contribution in [0.25, 0.3) is 11.4 Å². The van der Waals surface area contributed by atoms with E-state index in [1.807, 2.05) is 35.3 Å². The summed E-state index contributed by atoms with van der Waals surface area (Å²) in [7, 11) is 1.55. The normalized spacial score (nSPS) is 18.1. The average Bonchev–Trinajstić information content (AvgIpc) is 3.63. The van der Waals surface area contributed by atoms with Crippen molar-refractivity contribution in [2.45, 2.75) is 32.0 Å². The Kier molecular flexibility index (Phi) is 7.87. The van der Waals surface area contributed by atoms with Crippen LogP contribution in [0, 0.1) is 0 Å². The number of hydrazine groups is 1. The standard InChI is InChI=1S/C34H28BrF3N6O4/c1-19-14-25-28(18-42(19)31(45)22-10-13-27(35)26(16-22)34(36,37)38)44-30(23(17-39-44)15-20-6-4-3-5-7-20)43(32(25)46)24-11-8-21(9-12-24)29-40-48-33(47)41(29)2/h3-13,16,19,39H,14-15,17-18H2,1-2H3/t19-/m0/s1. The van der Waals surface area contributed by atoms with Crippen molar-refractivity contribution in [2.24, 2.45) is 7.05 Å². The molecule has 3 aliphatic rings. The molecule has 7 rings (SSSR count). The lowest BCUT2D eigenvalue weighted by Gasteiger charge is -2.45. The summed E-state index contributed by atoms with van der Waals surface area (Å²) < 4.78 is 46.9. The number of alkyl halides is 3. The first-order valence-electron chi connectivity index (χ1n) is 15.1. The molecule has 0 unspecified atom stereocenters. The molecule has 0 saturated heterocycles. The van der Waals surface area contributed by atoms with Gasteiger partial charge in [-0.1, -0.05) is 51.4 Å². The molecular formula is C34H28BrF3N6O4. The van der Waals surface area contributed by atoms with Gasteiger partial charge in [-0.3, -0.25) is 28.6 Å². The first-order chi connectivity index (χ1) is 22.9. The van der Waals surface area contributed by atoms with Crippen molar-refractivity contribution < 1.29 is 27.3 Å². The molecule has 0 fully saturated rings. The van der Waals surface area contributed by atoms with E-state index in [1.54, 1.807) is 43.1 Å². The number of anilines is 1. The van der Waals surface area contributed by atoms with Crippen LogP contribution in [0.5, 0.6) is 0 Å². The summed E-state index contributed by atoms with van der Waals surface area (Å²) in [5.74, 6) is -0.464. The van der Waals surface area contributed by atoms with Gasteiger partial charge in [0.25, 0.3) is 11.8 Å². The lowest BCUT2D eigenvalue weighted by atomic mass is 9.93. The maximum atomic E-state index is 14.5. The Morgan fingerprint density at radius 3 is 2.46 bits per heavy atom.